The Bertz CT molecular complexity index is 986. The lowest BCUT2D eigenvalue weighted by molar-refractivity contribution is 0.198. The average molecular weight is 397 g/mol. The van der Waals surface area contributed by atoms with Gasteiger partial charge in [0.05, 0.1) is 18.9 Å². The minimum Gasteiger partial charge on any atom is -0.504 e. The summed E-state index contributed by atoms with van der Waals surface area (Å²) in [6.45, 7) is 3.55. The summed E-state index contributed by atoms with van der Waals surface area (Å²) < 4.78 is 5.26. The predicted molar refractivity (Wildman–Crippen MR) is 113 cm³/mol. The number of ether oxygens (including phenoxy) is 1. The van der Waals surface area contributed by atoms with E-state index in [2.05, 4.69) is 36.1 Å². The number of pyridine rings is 1. The van der Waals surface area contributed by atoms with Crippen LogP contribution in [0.2, 0.25) is 0 Å². The van der Waals surface area contributed by atoms with Gasteiger partial charge in [-0.2, -0.15) is 0 Å². The first-order valence-electron chi connectivity index (χ1n) is 9.49. The van der Waals surface area contributed by atoms with Crippen LogP contribution in [0.4, 0.5) is 5.82 Å². The van der Waals surface area contributed by atoms with E-state index in [1.54, 1.807) is 23.5 Å². The largest absolute Gasteiger partial charge is 0.504 e. The van der Waals surface area contributed by atoms with Crippen LogP contribution in [-0.2, 0) is 6.42 Å². The van der Waals surface area contributed by atoms with Crippen LogP contribution in [-0.4, -0.2) is 41.5 Å². The van der Waals surface area contributed by atoms with Crippen LogP contribution in [0.15, 0.2) is 42.5 Å². The third-order valence-electron chi connectivity index (χ3n) is 5.07. The lowest BCUT2D eigenvalue weighted by Crippen LogP contribution is -2.22. The summed E-state index contributed by atoms with van der Waals surface area (Å²) in [6.07, 6.45) is 1.46. The van der Waals surface area contributed by atoms with Crippen LogP contribution < -0.4 is 9.64 Å². The summed E-state index contributed by atoms with van der Waals surface area (Å²) in [5.41, 5.74) is 2.81. The number of benzene rings is 1. The third-order valence-corrected chi connectivity index (χ3v) is 6.35. The zero-order valence-electron chi connectivity index (χ0n) is 16.1. The van der Waals surface area contributed by atoms with Crippen molar-refractivity contribution in [2.24, 2.45) is 0 Å². The standard InChI is InChI=1S/C22H24N2O3S/c1-3-17-5-7-21(28-17)15-10-18(14-4-6-19(26)20(11-14)27-2)23-22(12-15)24-9-8-16(25)13-24/h4-7,10-12,16,25-26H,3,8-9,13H2,1-2H3. The van der Waals surface area contributed by atoms with Gasteiger partial charge in [-0.25, -0.2) is 4.98 Å². The number of hydrogen-bond acceptors (Lipinski definition) is 6. The summed E-state index contributed by atoms with van der Waals surface area (Å²) in [4.78, 5) is 9.53. The molecule has 1 aromatic carbocycles. The van der Waals surface area contributed by atoms with Crippen molar-refractivity contribution >= 4 is 17.2 Å². The van der Waals surface area contributed by atoms with Gasteiger partial charge in [0.25, 0.3) is 0 Å². The van der Waals surface area contributed by atoms with Crippen LogP contribution in [0.5, 0.6) is 11.5 Å². The van der Waals surface area contributed by atoms with Gasteiger partial charge in [-0.3, -0.25) is 0 Å². The number of aromatic nitrogens is 1. The predicted octanol–water partition coefficient (Wildman–Crippen LogP) is 4.32. The molecule has 0 saturated carbocycles. The maximum absolute atomic E-state index is 9.96. The van der Waals surface area contributed by atoms with Crippen molar-refractivity contribution in [1.29, 1.82) is 0 Å². The van der Waals surface area contributed by atoms with Gasteiger partial charge in [-0.1, -0.05) is 6.92 Å². The molecule has 3 aromatic rings. The van der Waals surface area contributed by atoms with Crippen molar-refractivity contribution in [3.05, 3.63) is 47.3 Å². The normalized spacial score (nSPS) is 16.5. The Morgan fingerprint density at radius 2 is 2.04 bits per heavy atom. The van der Waals surface area contributed by atoms with Crippen molar-refractivity contribution in [2.75, 3.05) is 25.1 Å². The maximum Gasteiger partial charge on any atom is 0.161 e. The molecule has 0 radical (unpaired) electrons. The molecule has 0 amide bonds. The number of aromatic hydroxyl groups is 1. The van der Waals surface area contributed by atoms with Gasteiger partial charge >= 0.3 is 0 Å². The van der Waals surface area contributed by atoms with Gasteiger partial charge in [0, 0.05) is 28.4 Å². The molecule has 1 aliphatic heterocycles. The summed E-state index contributed by atoms with van der Waals surface area (Å²) in [5, 5.41) is 19.9. The first kappa shape index (κ1) is 18.8. The molecule has 3 heterocycles. The van der Waals surface area contributed by atoms with E-state index in [0.717, 1.165) is 42.0 Å². The van der Waals surface area contributed by atoms with Gasteiger partial charge in [0.15, 0.2) is 11.5 Å². The first-order valence-corrected chi connectivity index (χ1v) is 10.3. The number of nitrogens with zero attached hydrogens (tertiary/aromatic N) is 2. The summed E-state index contributed by atoms with van der Waals surface area (Å²) in [6, 6.07) is 13.8. The van der Waals surface area contributed by atoms with E-state index in [1.165, 1.54) is 16.9 Å². The molecule has 2 N–H and O–H groups in total. The maximum atomic E-state index is 9.96. The molecule has 2 aromatic heterocycles. The number of hydrogen-bond donors (Lipinski definition) is 2. The molecular weight excluding hydrogens is 372 g/mol. The van der Waals surface area contributed by atoms with Gasteiger partial charge in [-0.05, 0) is 60.9 Å². The highest BCUT2D eigenvalue weighted by molar-refractivity contribution is 7.15. The number of aliphatic hydroxyl groups is 1. The molecular formula is C22H24N2O3S. The van der Waals surface area contributed by atoms with Crippen LogP contribution in [0.3, 0.4) is 0 Å². The molecule has 1 fully saturated rings. The van der Waals surface area contributed by atoms with Crippen LogP contribution >= 0.6 is 11.3 Å². The minimum atomic E-state index is -0.309. The Balaban J connectivity index is 1.81. The van der Waals surface area contributed by atoms with Gasteiger partial charge in [-0.15, -0.1) is 11.3 Å². The number of phenols is 1. The molecule has 1 unspecified atom stereocenters. The Morgan fingerprint density at radius 1 is 1.18 bits per heavy atom. The number of β-amino-alcohol motifs (C(OH)–C–C–N with tert-alkyl or cyclic N) is 1. The Hall–Kier alpha value is -2.57. The number of aliphatic hydroxyl groups excluding tert-OH is 1. The topological polar surface area (TPSA) is 65.8 Å². The molecule has 5 nitrogen and oxygen atoms in total. The van der Waals surface area contributed by atoms with Crippen molar-refractivity contribution in [1.82, 2.24) is 4.98 Å². The molecule has 1 aliphatic rings. The highest BCUT2D eigenvalue weighted by Gasteiger charge is 2.23. The van der Waals surface area contributed by atoms with Crippen LogP contribution in [0, 0.1) is 0 Å². The average Bonchev–Trinajstić information content (AvgIpc) is 3.37. The van der Waals surface area contributed by atoms with Gasteiger partial charge in [0.2, 0.25) is 0 Å². The second kappa shape index (κ2) is 7.81. The molecule has 28 heavy (non-hydrogen) atoms. The van der Waals surface area contributed by atoms with Crippen LogP contribution in [0.25, 0.3) is 21.7 Å². The second-order valence-corrected chi connectivity index (χ2v) is 8.16. The highest BCUT2D eigenvalue weighted by atomic mass is 32.1. The highest BCUT2D eigenvalue weighted by Crippen LogP contribution is 2.36. The Morgan fingerprint density at radius 3 is 2.71 bits per heavy atom. The number of aryl methyl sites for hydroxylation is 1. The smallest absolute Gasteiger partial charge is 0.161 e. The quantitative estimate of drug-likeness (QED) is 0.672. The third kappa shape index (κ3) is 3.70. The zero-order valence-corrected chi connectivity index (χ0v) is 16.9. The fourth-order valence-corrected chi connectivity index (χ4v) is 4.41. The van der Waals surface area contributed by atoms with E-state index in [-0.39, 0.29) is 11.9 Å². The van der Waals surface area contributed by atoms with Crippen molar-refractivity contribution in [2.45, 2.75) is 25.9 Å². The van der Waals surface area contributed by atoms with Gasteiger partial charge < -0.3 is 19.8 Å². The van der Waals surface area contributed by atoms with E-state index < -0.39 is 0 Å². The minimum absolute atomic E-state index is 0.108. The van der Waals surface area contributed by atoms with Crippen molar-refractivity contribution in [3.8, 4) is 33.2 Å². The zero-order chi connectivity index (χ0) is 19.7. The molecule has 0 bridgehead atoms. The summed E-state index contributed by atoms with van der Waals surface area (Å²) in [5.74, 6) is 1.39. The lowest BCUT2D eigenvalue weighted by atomic mass is 10.1. The Kier molecular flexibility index (Phi) is 5.24. The molecule has 6 heteroatoms. The Labute approximate surface area is 168 Å². The number of methoxy groups -OCH3 is 1. The molecule has 1 saturated heterocycles. The summed E-state index contributed by atoms with van der Waals surface area (Å²) >= 11 is 1.79. The van der Waals surface area contributed by atoms with E-state index in [1.807, 2.05) is 6.07 Å². The molecule has 146 valence electrons. The number of thiophene rings is 1. The fourth-order valence-electron chi connectivity index (χ4n) is 3.48. The van der Waals surface area contributed by atoms with E-state index in [0.29, 0.717) is 12.3 Å². The fraction of sp³-hybridized carbons (Fsp3) is 0.318. The number of phenolic OH excluding ortho intramolecular Hbond substituents is 1. The number of anilines is 1. The molecule has 4 rings (SSSR count). The van der Waals surface area contributed by atoms with E-state index in [9.17, 15) is 10.2 Å². The SMILES string of the molecule is CCc1ccc(-c2cc(-c3ccc(O)c(OC)c3)nc(N3CCC(O)C3)c2)s1. The second-order valence-electron chi connectivity index (χ2n) is 6.99. The van der Waals surface area contributed by atoms with Gasteiger partial charge in [0.1, 0.15) is 5.82 Å². The molecule has 1 atom stereocenters. The lowest BCUT2D eigenvalue weighted by Gasteiger charge is -2.19. The van der Waals surface area contributed by atoms with Crippen molar-refractivity contribution < 1.29 is 14.9 Å². The number of rotatable bonds is 5. The first-order chi connectivity index (χ1) is 13.6. The molecule has 0 spiro atoms. The van der Waals surface area contributed by atoms with E-state index >= 15 is 0 Å². The van der Waals surface area contributed by atoms with Crippen molar-refractivity contribution in [3.63, 3.8) is 0 Å². The van der Waals surface area contributed by atoms with E-state index in [4.69, 9.17) is 9.72 Å². The monoisotopic (exact) mass is 396 g/mol. The molecule has 0 aliphatic carbocycles. The van der Waals surface area contributed by atoms with Crippen LogP contribution in [0.1, 0.15) is 18.2 Å². The summed E-state index contributed by atoms with van der Waals surface area (Å²) in [7, 11) is 1.54.